The van der Waals surface area contributed by atoms with E-state index in [0.717, 1.165) is 11.3 Å². The summed E-state index contributed by atoms with van der Waals surface area (Å²) in [5, 5.41) is 14.1. The highest BCUT2D eigenvalue weighted by atomic mass is 35.5. The molecular formula is C17H20ClNO. The van der Waals surface area contributed by atoms with Crippen LogP contribution < -0.4 is 5.32 Å². The molecule has 0 fully saturated rings. The normalized spacial score (nSPS) is 14.1. The van der Waals surface area contributed by atoms with Crippen LogP contribution in [0.15, 0.2) is 54.6 Å². The van der Waals surface area contributed by atoms with E-state index in [9.17, 15) is 5.11 Å². The van der Waals surface area contributed by atoms with Crippen LogP contribution in [0.4, 0.5) is 5.69 Å². The maximum absolute atomic E-state index is 10.0. The highest BCUT2D eigenvalue weighted by molar-refractivity contribution is 6.33. The number of hydrogen-bond donors (Lipinski definition) is 2. The van der Waals surface area contributed by atoms with Crippen molar-refractivity contribution in [2.45, 2.75) is 19.4 Å². The molecular weight excluding hydrogens is 270 g/mol. The molecule has 0 radical (unpaired) electrons. The minimum absolute atomic E-state index is 0.0000961. The number of para-hydroxylation sites is 1. The van der Waals surface area contributed by atoms with Crippen LogP contribution in [0.3, 0.4) is 0 Å². The number of benzene rings is 2. The van der Waals surface area contributed by atoms with Crippen LogP contribution in [0, 0.1) is 5.92 Å². The largest absolute Gasteiger partial charge is 0.394 e. The standard InChI is InChI=1S/C17H20ClNO/c1-13(2)17(12-20,14-8-4-3-5-9-14)19-16-11-7-6-10-15(16)18/h3-11,13,19-20H,12H2,1-2H3. The summed E-state index contributed by atoms with van der Waals surface area (Å²) in [7, 11) is 0. The van der Waals surface area contributed by atoms with Crippen LogP contribution in [0.5, 0.6) is 0 Å². The second kappa shape index (κ2) is 6.29. The molecule has 0 saturated carbocycles. The lowest BCUT2D eigenvalue weighted by Gasteiger charge is -2.38. The molecule has 2 nitrogen and oxygen atoms in total. The van der Waals surface area contributed by atoms with E-state index in [4.69, 9.17) is 11.6 Å². The first-order valence-corrected chi connectivity index (χ1v) is 7.17. The topological polar surface area (TPSA) is 32.3 Å². The zero-order chi connectivity index (χ0) is 14.6. The van der Waals surface area contributed by atoms with Crippen molar-refractivity contribution in [1.82, 2.24) is 0 Å². The third kappa shape index (κ3) is 2.82. The fraction of sp³-hybridized carbons (Fsp3) is 0.294. The van der Waals surface area contributed by atoms with Gasteiger partial charge >= 0.3 is 0 Å². The van der Waals surface area contributed by atoms with E-state index in [0.29, 0.717) is 5.02 Å². The highest BCUT2D eigenvalue weighted by Crippen LogP contribution is 2.35. The second-order valence-corrected chi connectivity index (χ2v) is 5.66. The molecule has 0 heterocycles. The molecule has 0 bridgehead atoms. The molecule has 0 aliphatic rings. The van der Waals surface area contributed by atoms with E-state index in [2.05, 4.69) is 19.2 Å². The first kappa shape index (κ1) is 14.9. The summed E-state index contributed by atoms with van der Waals surface area (Å²) in [5.41, 5.74) is 1.34. The number of rotatable bonds is 5. The van der Waals surface area contributed by atoms with Crippen molar-refractivity contribution in [2.24, 2.45) is 5.92 Å². The van der Waals surface area contributed by atoms with Crippen molar-refractivity contribution < 1.29 is 5.11 Å². The van der Waals surface area contributed by atoms with Crippen LogP contribution in [0.2, 0.25) is 5.02 Å². The lowest BCUT2D eigenvalue weighted by atomic mass is 9.80. The van der Waals surface area contributed by atoms with E-state index < -0.39 is 5.54 Å². The Morgan fingerprint density at radius 3 is 2.20 bits per heavy atom. The molecule has 2 rings (SSSR count). The van der Waals surface area contributed by atoms with Gasteiger partial charge in [-0.15, -0.1) is 0 Å². The van der Waals surface area contributed by atoms with Gasteiger partial charge < -0.3 is 10.4 Å². The summed E-state index contributed by atoms with van der Waals surface area (Å²) in [6.45, 7) is 4.18. The number of halogens is 1. The Bertz CT molecular complexity index is 556. The summed E-state index contributed by atoms with van der Waals surface area (Å²) < 4.78 is 0. The van der Waals surface area contributed by atoms with E-state index in [1.54, 1.807) is 0 Å². The van der Waals surface area contributed by atoms with Gasteiger partial charge in [0.2, 0.25) is 0 Å². The molecule has 0 aliphatic carbocycles. The van der Waals surface area contributed by atoms with Crippen molar-refractivity contribution >= 4 is 17.3 Å². The Hall–Kier alpha value is -1.51. The molecule has 20 heavy (non-hydrogen) atoms. The van der Waals surface area contributed by atoms with Crippen LogP contribution >= 0.6 is 11.6 Å². The quantitative estimate of drug-likeness (QED) is 0.860. The highest BCUT2D eigenvalue weighted by Gasteiger charge is 2.35. The van der Waals surface area contributed by atoms with E-state index in [1.165, 1.54) is 0 Å². The van der Waals surface area contributed by atoms with Gasteiger partial charge in [0.05, 0.1) is 22.9 Å². The van der Waals surface area contributed by atoms with Gasteiger partial charge in [-0.25, -0.2) is 0 Å². The SMILES string of the molecule is CC(C)C(CO)(Nc1ccccc1Cl)c1ccccc1. The molecule has 1 unspecified atom stereocenters. The van der Waals surface area contributed by atoms with Crippen LogP contribution in [0.1, 0.15) is 19.4 Å². The Kier molecular flexibility index (Phi) is 4.69. The summed E-state index contributed by atoms with van der Waals surface area (Å²) in [4.78, 5) is 0. The van der Waals surface area contributed by atoms with E-state index >= 15 is 0 Å². The fourth-order valence-electron chi connectivity index (χ4n) is 2.40. The number of hydrogen-bond acceptors (Lipinski definition) is 2. The molecule has 0 saturated heterocycles. The van der Waals surface area contributed by atoms with Crippen molar-refractivity contribution in [3.05, 3.63) is 65.2 Å². The van der Waals surface area contributed by atoms with E-state index in [1.807, 2.05) is 54.6 Å². The lowest BCUT2D eigenvalue weighted by Crippen LogP contribution is -2.44. The fourth-order valence-corrected chi connectivity index (χ4v) is 2.58. The molecule has 0 aliphatic heterocycles. The van der Waals surface area contributed by atoms with Crippen LogP contribution in [-0.2, 0) is 5.54 Å². The zero-order valence-corrected chi connectivity index (χ0v) is 12.6. The maximum Gasteiger partial charge on any atom is 0.0880 e. The van der Waals surface area contributed by atoms with Crippen LogP contribution in [0.25, 0.3) is 0 Å². The zero-order valence-electron chi connectivity index (χ0n) is 11.8. The minimum Gasteiger partial charge on any atom is -0.394 e. The number of anilines is 1. The van der Waals surface area contributed by atoms with Gasteiger partial charge in [0, 0.05) is 0 Å². The molecule has 2 N–H and O–H groups in total. The predicted octanol–water partition coefficient (Wildman–Crippen LogP) is 4.30. The summed E-state index contributed by atoms with van der Waals surface area (Å²) in [5.74, 6) is 0.200. The van der Waals surface area contributed by atoms with Crippen molar-refractivity contribution in [3.63, 3.8) is 0 Å². The average molecular weight is 290 g/mol. The molecule has 1 atom stereocenters. The molecule has 106 valence electrons. The smallest absolute Gasteiger partial charge is 0.0880 e. The molecule has 0 spiro atoms. The third-order valence-electron chi connectivity index (χ3n) is 3.76. The monoisotopic (exact) mass is 289 g/mol. The Morgan fingerprint density at radius 2 is 1.65 bits per heavy atom. The first-order chi connectivity index (χ1) is 9.60. The molecule has 2 aromatic rings. The van der Waals surface area contributed by atoms with E-state index in [-0.39, 0.29) is 12.5 Å². The van der Waals surface area contributed by atoms with Crippen molar-refractivity contribution in [2.75, 3.05) is 11.9 Å². The lowest BCUT2D eigenvalue weighted by molar-refractivity contribution is 0.172. The van der Waals surface area contributed by atoms with Crippen LogP contribution in [-0.4, -0.2) is 11.7 Å². The summed E-state index contributed by atoms with van der Waals surface area (Å²) >= 11 is 6.24. The Morgan fingerprint density at radius 1 is 1.05 bits per heavy atom. The third-order valence-corrected chi connectivity index (χ3v) is 4.09. The van der Waals surface area contributed by atoms with Crippen molar-refractivity contribution in [1.29, 1.82) is 0 Å². The molecule has 0 aromatic heterocycles. The van der Waals surface area contributed by atoms with Gasteiger partial charge in [-0.05, 0) is 23.6 Å². The number of nitrogens with one attached hydrogen (secondary N) is 1. The minimum atomic E-state index is -0.549. The number of aliphatic hydroxyl groups is 1. The van der Waals surface area contributed by atoms with Gasteiger partial charge in [-0.1, -0.05) is 67.9 Å². The van der Waals surface area contributed by atoms with Gasteiger partial charge in [0.1, 0.15) is 0 Å². The Labute approximate surface area is 125 Å². The average Bonchev–Trinajstić information content (AvgIpc) is 2.47. The molecule has 0 amide bonds. The van der Waals surface area contributed by atoms with Crippen molar-refractivity contribution in [3.8, 4) is 0 Å². The van der Waals surface area contributed by atoms with Gasteiger partial charge in [-0.2, -0.15) is 0 Å². The summed E-state index contributed by atoms with van der Waals surface area (Å²) in [6.07, 6.45) is 0. The maximum atomic E-state index is 10.0. The Balaban J connectivity index is 2.46. The second-order valence-electron chi connectivity index (χ2n) is 5.26. The first-order valence-electron chi connectivity index (χ1n) is 6.79. The molecule has 2 aromatic carbocycles. The predicted molar refractivity (Wildman–Crippen MR) is 85.1 cm³/mol. The number of aliphatic hydroxyl groups excluding tert-OH is 1. The van der Waals surface area contributed by atoms with Gasteiger partial charge in [0.25, 0.3) is 0 Å². The summed E-state index contributed by atoms with van der Waals surface area (Å²) in [6, 6.07) is 17.6. The molecule has 3 heteroatoms. The van der Waals surface area contributed by atoms with Gasteiger partial charge in [-0.3, -0.25) is 0 Å². The van der Waals surface area contributed by atoms with Gasteiger partial charge in [0.15, 0.2) is 0 Å².